The molecule has 0 heterocycles. The molecule has 0 spiro atoms. The van der Waals surface area contributed by atoms with E-state index in [1.165, 1.54) is 173 Å². The van der Waals surface area contributed by atoms with Crippen LogP contribution >= 0.6 is 15.6 Å². The van der Waals surface area contributed by atoms with Gasteiger partial charge in [0.25, 0.3) is 0 Å². The molecule has 528 valence electrons. The maximum Gasteiger partial charge on any atom is 0.472 e. The van der Waals surface area contributed by atoms with Crippen LogP contribution < -0.4 is 0 Å². The molecule has 0 aliphatic carbocycles. The molecule has 0 rings (SSSR count). The van der Waals surface area contributed by atoms with Gasteiger partial charge in [0, 0.05) is 25.7 Å². The minimum absolute atomic E-state index is 0.105. The van der Waals surface area contributed by atoms with Crippen molar-refractivity contribution in [3.63, 3.8) is 0 Å². The van der Waals surface area contributed by atoms with E-state index < -0.39 is 97.5 Å². The molecular formula is C70H136O17P2. The Bertz CT molecular complexity index is 1730. The predicted octanol–water partition coefficient (Wildman–Crippen LogP) is 20.0. The minimum Gasteiger partial charge on any atom is -0.462 e. The van der Waals surface area contributed by atoms with Crippen LogP contribution in [0.2, 0.25) is 0 Å². The van der Waals surface area contributed by atoms with Crippen LogP contribution in [0.25, 0.3) is 0 Å². The molecule has 0 aliphatic rings. The number of hydrogen-bond acceptors (Lipinski definition) is 15. The number of rotatable bonds is 69. The van der Waals surface area contributed by atoms with Crippen molar-refractivity contribution in [3.8, 4) is 0 Å². The van der Waals surface area contributed by atoms with Crippen molar-refractivity contribution in [2.75, 3.05) is 39.6 Å². The third-order valence-electron chi connectivity index (χ3n) is 16.2. The van der Waals surface area contributed by atoms with Crippen molar-refractivity contribution in [1.29, 1.82) is 0 Å². The fourth-order valence-electron chi connectivity index (χ4n) is 10.6. The van der Waals surface area contributed by atoms with E-state index in [0.717, 1.165) is 102 Å². The lowest BCUT2D eigenvalue weighted by Crippen LogP contribution is -2.30. The second kappa shape index (κ2) is 62.2. The molecule has 0 aromatic carbocycles. The number of ether oxygens (including phenoxy) is 4. The second-order valence-electron chi connectivity index (χ2n) is 26.2. The van der Waals surface area contributed by atoms with Gasteiger partial charge in [-0.1, -0.05) is 305 Å². The molecule has 3 N–H and O–H groups in total. The van der Waals surface area contributed by atoms with Crippen LogP contribution in [0.1, 0.15) is 356 Å². The number of carbonyl (C=O) groups excluding carboxylic acids is 4. The lowest BCUT2D eigenvalue weighted by Gasteiger charge is -2.21. The Labute approximate surface area is 543 Å². The van der Waals surface area contributed by atoms with Gasteiger partial charge in [0.1, 0.15) is 19.3 Å². The monoisotopic (exact) mass is 1310 g/mol. The lowest BCUT2D eigenvalue weighted by molar-refractivity contribution is -0.161. The van der Waals surface area contributed by atoms with Crippen LogP contribution in [0.4, 0.5) is 0 Å². The van der Waals surface area contributed by atoms with Crippen LogP contribution in [0.3, 0.4) is 0 Å². The van der Waals surface area contributed by atoms with Gasteiger partial charge in [0.2, 0.25) is 0 Å². The molecule has 0 radical (unpaired) electrons. The zero-order chi connectivity index (χ0) is 65.7. The predicted molar refractivity (Wildman–Crippen MR) is 358 cm³/mol. The maximum absolute atomic E-state index is 13.0. The molecule has 0 bridgehead atoms. The Hall–Kier alpha value is -1.94. The molecule has 0 saturated heterocycles. The summed E-state index contributed by atoms with van der Waals surface area (Å²) in [6.07, 6.45) is 47.1. The van der Waals surface area contributed by atoms with E-state index in [1.54, 1.807) is 0 Å². The zero-order valence-electron chi connectivity index (χ0n) is 57.7. The second-order valence-corrected chi connectivity index (χ2v) is 29.1. The zero-order valence-corrected chi connectivity index (χ0v) is 59.5. The van der Waals surface area contributed by atoms with Gasteiger partial charge >= 0.3 is 39.5 Å². The summed E-state index contributed by atoms with van der Waals surface area (Å²) in [4.78, 5) is 72.5. The van der Waals surface area contributed by atoms with Gasteiger partial charge in [-0.3, -0.25) is 37.3 Å². The van der Waals surface area contributed by atoms with E-state index in [4.69, 9.17) is 37.0 Å². The van der Waals surface area contributed by atoms with Crippen LogP contribution in [-0.2, 0) is 65.4 Å². The fraction of sp³-hybridized carbons (Fsp3) is 0.943. The summed E-state index contributed by atoms with van der Waals surface area (Å²) >= 11 is 0. The molecule has 0 saturated carbocycles. The Morgan fingerprint density at radius 1 is 0.303 bits per heavy atom. The highest BCUT2D eigenvalue weighted by atomic mass is 31.2. The number of carbonyl (C=O) groups is 4. The molecule has 0 aromatic rings. The quantitative estimate of drug-likeness (QED) is 0.0222. The largest absolute Gasteiger partial charge is 0.472 e. The molecule has 5 atom stereocenters. The normalized spacial score (nSPS) is 14.1. The first kappa shape index (κ1) is 87.1. The number of hydrogen-bond donors (Lipinski definition) is 3. The molecule has 19 heteroatoms. The summed E-state index contributed by atoms with van der Waals surface area (Å²) in [6.45, 7) is 9.50. The minimum atomic E-state index is -4.95. The number of phosphoric ester groups is 2. The van der Waals surface area contributed by atoms with Gasteiger partial charge in [-0.05, 0) is 37.5 Å². The van der Waals surface area contributed by atoms with Gasteiger partial charge in [-0.2, -0.15) is 0 Å². The molecule has 0 aromatic heterocycles. The van der Waals surface area contributed by atoms with Gasteiger partial charge in [-0.25, -0.2) is 9.13 Å². The standard InChI is InChI=1S/C70H136O17P2/c1-7-9-11-13-15-17-19-20-21-22-23-29-36-42-48-54-69(74)86-65(58-81-68(73)53-47-41-35-28-25-24-26-32-38-44-50-62(3)4)60-84-88(76,77)82-56-64(71)57-83-89(78,79)85-61-66(59-80-67(72)52-46-40-34-27-18-16-14-12-10-8-2)87-70(75)55-49-43-37-31-30-33-39-45-51-63(5)6/h62-66,71H,7-61H2,1-6H3,(H,76,77)(H,78,79)/t64-,65-,66-/m1/s1. The number of aliphatic hydroxyl groups is 1. The Morgan fingerprint density at radius 2 is 0.517 bits per heavy atom. The van der Waals surface area contributed by atoms with Gasteiger partial charge in [0.15, 0.2) is 12.2 Å². The summed E-state index contributed by atoms with van der Waals surface area (Å²) in [5.74, 6) is -0.647. The topological polar surface area (TPSA) is 237 Å². The van der Waals surface area contributed by atoms with Crippen LogP contribution in [-0.4, -0.2) is 96.7 Å². The summed E-state index contributed by atoms with van der Waals surface area (Å²) in [5, 5.41) is 10.6. The summed E-state index contributed by atoms with van der Waals surface area (Å²) in [5.41, 5.74) is 0. The first-order valence-corrected chi connectivity index (χ1v) is 39.5. The highest BCUT2D eigenvalue weighted by molar-refractivity contribution is 7.47. The summed E-state index contributed by atoms with van der Waals surface area (Å²) < 4.78 is 68.3. The molecular weight excluding hydrogens is 1170 g/mol. The molecule has 0 aliphatic heterocycles. The summed E-state index contributed by atoms with van der Waals surface area (Å²) in [7, 11) is -9.90. The first-order valence-electron chi connectivity index (χ1n) is 36.5. The number of esters is 4. The lowest BCUT2D eigenvalue weighted by atomic mass is 10.0. The Balaban J connectivity index is 5.25. The van der Waals surface area contributed by atoms with E-state index in [0.29, 0.717) is 25.7 Å². The van der Waals surface area contributed by atoms with Crippen LogP contribution in [0, 0.1) is 11.8 Å². The van der Waals surface area contributed by atoms with Crippen molar-refractivity contribution in [2.45, 2.75) is 374 Å². The Kier molecular flexibility index (Phi) is 60.8. The smallest absolute Gasteiger partial charge is 0.462 e. The molecule has 2 unspecified atom stereocenters. The molecule has 89 heavy (non-hydrogen) atoms. The van der Waals surface area contributed by atoms with Gasteiger partial charge < -0.3 is 33.8 Å². The van der Waals surface area contributed by atoms with Gasteiger partial charge in [0.05, 0.1) is 26.4 Å². The van der Waals surface area contributed by atoms with E-state index >= 15 is 0 Å². The molecule has 0 fully saturated rings. The highest BCUT2D eigenvalue weighted by Crippen LogP contribution is 2.45. The third kappa shape index (κ3) is 64.6. The first-order chi connectivity index (χ1) is 42.9. The van der Waals surface area contributed by atoms with E-state index in [1.807, 2.05) is 0 Å². The van der Waals surface area contributed by atoms with E-state index in [2.05, 4.69) is 41.5 Å². The maximum atomic E-state index is 13.0. The molecule has 0 amide bonds. The van der Waals surface area contributed by atoms with Crippen molar-refractivity contribution in [3.05, 3.63) is 0 Å². The number of phosphoric acid groups is 2. The van der Waals surface area contributed by atoms with Crippen LogP contribution in [0.5, 0.6) is 0 Å². The average Bonchev–Trinajstić information content (AvgIpc) is 3.63. The van der Waals surface area contributed by atoms with Crippen molar-refractivity contribution in [2.24, 2.45) is 11.8 Å². The molecule has 17 nitrogen and oxygen atoms in total. The highest BCUT2D eigenvalue weighted by Gasteiger charge is 2.30. The van der Waals surface area contributed by atoms with Crippen molar-refractivity contribution >= 4 is 39.5 Å². The third-order valence-corrected chi connectivity index (χ3v) is 18.1. The number of unbranched alkanes of at least 4 members (excludes halogenated alkanes) is 39. The van der Waals surface area contributed by atoms with Gasteiger partial charge in [-0.15, -0.1) is 0 Å². The summed E-state index contributed by atoms with van der Waals surface area (Å²) in [6, 6.07) is 0. The number of aliphatic hydroxyl groups excluding tert-OH is 1. The fourth-order valence-corrected chi connectivity index (χ4v) is 12.2. The van der Waals surface area contributed by atoms with E-state index in [-0.39, 0.29) is 25.7 Å². The van der Waals surface area contributed by atoms with Crippen molar-refractivity contribution in [1.82, 2.24) is 0 Å². The SMILES string of the molecule is CCCCCCCCCCCCCCCCCC(=O)O[C@H](COC(=O)CCCCCCCCCCCCC(C)C)COP(=O)(O)OC[C@@H](O)COP(=O)(O)OC[C@@H](COC(=O)CCCCCCCCCCCC)OC(=O)CCCCCCCCCCC(C)C. The van der Waals surface area contributed by atoms with E-state index in [9.17, 15) is 43.2 Å². The average molecular weight is 1310 g/mol. The van der Waals surface area contributed by atoms with Crippen LogP contribution in [0.15, 0.2) is 0 Å². The van der Waals surface area contributed by atoms with Crippen molar-refractivity contribution < 1.29 is 80.2 Å². The Morgan fingerprint density at radius 3 is 0.764 bits per heavy atom.